The van der Waals surface area contributed by atoms with Gasteiger partial charge >= 0.3 is 0 Å². The summed E-state index contributed by atoms with van der Waals surface area (Å²) < 4.78 is 7.01. The second-order valence-electron chi connectivity index (χ2n) is 13.4. The molecule has 3 aromatic rings. The number of anilines is 1. The molecule has 2 unspecified atom stereocenters. The quantitative estimate of drug-likeness (QED) is 0.315. The lowest BCUT2D eigenvalue weighted by atomic mass is 9.78. The van der Waals surface area contributed by atoms with Crippen molar-refractivity contribution < 1.29 is 4.74 Å². The Balaban J connectivity index is 1.35. The molecule has 0 amide bonds. The van der Waals surface area contributed by atoms with Gasteiger partial charge in [-0.1, -0.05) is 87.4 Å². The third kappa shape index (κ3) is 3.11. The van der Waals surface area contributed by atoms with E-state index in [4.69, 9.17) is 4.74 Å². The van der Waals surface area contributed by atoms with Crippen molar-refractivity contribution in [3.05, 3.63) is 124 Å². The van der Waals surface area contributed by atoms with Gasteiger partial charge < -0.3 is 9.64 Å². The van der Waals surface area contributed by atoms with Crippen LogP contribution in [0.25, 0.3) is 16.7 Å². The second-order valence-corrected chi connectivity index (χ2v) is 13.4. The zero-order valence-corrected chi connectivity index (χ0v) is 24.4. The van der Waals surface area contributed by atoms with Crippen LogP contribution < -0.4 is 9.64 Å². The first-order valence-corrected chi connectivity index (χ1v) is 14.8. The molecule has 0 aromatic heterocycles. The van der Waals surface area contributed by atoms with Crippen LogP contribution in [0.3, 0.4) is 0 Å². The van der Waals surface area contributed by atoms with Gasteiger partial charge in [0.25, 0.3) is 0 Å². The summed E-state index contributed by atoms with van der Waals surface area (Å²) in [6.07, 6.45) is 13.9. The summed E-state index contributed by atoms with van der Waals surface area (Å²) in [5.74, 6) is 1.01. The lowest BCUT2D eigenvalue weighted by molar-refractivity contribution is 0.213. The Bertz CT molecular complexity index is 1760. The fourth-order valence-electron chi connectivity index (χ4n) is 7.96. The maximum atomic E-state index is 7.01. The first-order valence-electron chi connectivity index (χ1n) is 14.8. The van der Waals surface area contributed by atoms with Crippen molar-refractivity contribution in [1.29, 1.82) is 0 Å². The van der Waals surface area contributed by atoms with E-state index in [1.165, 1.54) is 67.0 Å². The Hall–Kier alpha value is -3.78. The average molecular weight is 524 g/mol. The second kappa shape index (κ2) is 7.91. The van der Waals surface area contributed by atoms with Crippen molar-refractivity contribution >= 4 is 11.3 Å². The molecule has 8 rings (SSSR count). The Morgan fingerprint density at radius 2 is 1.48 bits per heavy atom. The molecule has 2 atom stereocenters. The molecule has 0 spiro atoms. The van der Waals surface area contributed by atoms with Crippen LogP contribution >= 0.6 is 0 Å². The first-order chi connectivity index (χ1) is 19.1. The lowest BCUT2D eigenvalue weighted by Crippen LogP contribution is -2.49. The lowest BCUT2D eigenvalue weighted by Gasteiger charge is -2.45. The minimum atomic E-state index is -0.0609. The van der Waals surface area contributed by atoms with Gasteiger partial charge in [-0.15, -0.1) is 0 Å². The summed E-state index contributed by atoms with van der Waals surface area (Å²) in [6.45, 7) is 13.9. The Kier molecular flexibility index (Phi) is 4.75. The molecule has 0 radical (unpaired) electrons. The van der Waals surface area contributed by atoms with Crippen LogP contribution in [0.15, 0.2) is 90.2 Å². The van der Waals surface area contributed by atoms with Gasteiger partial charge in [0, 0.05) is 16.5 Å². The number of rotatable bonds is 1. The Morgan fingerprint density at radius 3 is 2.20 bits per heavy atom. The van der Waals surface area contributed by atoms with Crippen LogP contribution in [0.2, 0.25) is 0 Å². The number of hydrogen-bond donors (Lipinski definition) is 0. The molecule has 5 aliphatic rings. The van der Waals surface area contributed by atoms with E-state index in [0.717, 1.165) is 18.6 Å². The molecule has 4 aliphatic carbocycles. The molecule has 2 heteroatoms. The van der Waals surface area contributed by atoms with Crippen LogP contribution in [0.4, 0.5) is 5.69 Å². The van der Waals surface area contributed by atoms with Gasteiger partial charge in [-0.25, -0.2) is 0 Å². The predicted octanol–water partition coefficient (Wildman–Crippen LogP) is 9.09. The van der Waals surface area contributed by atoms with E-state index >= 15 is 0 Å². The molecule has 0 N–H and O–H groups in total. The maximum Gasteiger partial charge on any atom is 0.144 e. The molecule has 0 saturated heterocycles. The van der Waals surface area contributed by atoms with E-state index in [-0.39, 0.29) is 23.0 Å². The van der Waals surface area contributed by atoms with Crippen LogP contribution in [0.1, 0.15) is 73.9 Å². The molecule has 1 aliphatic heterocycles. The summed E-state index contributed by atoms with van der Waals surface area (Å²) in [4.78, 5) is 2.60. The van der Waals surface area contributed by atoms with Gasteiger partial charge in [-0.3, -0.25) is 0 Å². The van der Waals surface area contributed by atoms with E-state index in [1.807, 2.05) is 0 Å². The fraction of sp³-hybridized carbons (Fsp3) is 0.316. The van der Waals surface area contributed by atoms with Crippen molar-refractivity contribution in [2.24, 2.45) is 0 Å². The van der Waals surface area contributed by atoms with Gasteiger partial charge in [-0.05, 0) is 102 Å². The largest absolute Gasteiger partial charge is 0.482 e. The minimum Gasteiger partial charge on any atom is -0.482 e. The van der Waals surface area contributed by atoms with Crippen LogP contribution in [0.5, 0.6) is 5.75 Å². The Labute approximate surface area is 238 Å². The monoisotopic (exact) mass is 523 g/mol. The number of benzene rings is 3. The number of aryl methyl sites for hydroxylation is 2. The van der Waals surface area contributed by atoms with Crippen molar-refractivity contribution in [1.82, 2.24) is 0 Å². The summed E-state index contributed by atoms with van der Waals surface area (Å²) >= 11 is 0. The standard InChI is InChI=1S/C38H37NO/c1-22-12-14-25-27-18-33-35(20-31(27)37(3,4)29(25)16-22)40-36-21-32-28(19-34(36)39(33)24-10-8-7-9-11-24)26-15-13-23(2)17-30(26)38(32,5)6/h7-8,10,12-21,33,35H,9,11H2,1-6H3. The third-order valence-corrected chi connectivity index (χ3v) is 10.1. The Morgan fingerprint density at radius 1 is 0.775 bits per heavy atom. The highest BCUT2D eigenvalue weighted by atomic mass is 16.5. The molecule has 2 nitrogen and oxygen atoms in total. The zero-order valence-electron chi connectivity index (χ0n) is 24.4. The zero-order chi connectivity index (χ0) is 27.6. The summed E-state index contributed by atoms with van der Waals surface area (Å²) in [5.41, 5.74) is 16.2. The van der Waals surface area contributed by atoms with Crippen molar-refractivity contribution in [3.63, 3.8) is 0 Å². The van der Waals surface area contributed by atoms with E-state index < -0.39 is 0 Å². The molecule has 3 aromatic carbocycles. The number of fused-ring (bicyclic) bond motifs is 8. The van der Waals surface area contributed by atoms with Gasteiger partial charge in [0.1, 0.15) is 11.9 Å². The molecule has 1 heterocycles. The molecule has 0 saturated carbocycles. The molecular formula is C38H37NO. The van der Waals surface area contributed by atoms with Crippen LogP contribution in [-0.4, -0.2) is 12.1 Å². The highest BCUT2D eigenvalue weighted by Crippen LogP contribution is 2.57. The van der Waals surface area contributed by atoms with Gasteiger partial charge in [0.2, 0.25) is 0 Å². The number of ether oxygens (including phenoxy) is 1. The normalized spacial score (nSPS) is 23.9. The summed E-state index contributed by atoms with van der Waals surface area (Å²) in [6, 6.07) is 18.8. The molecular weight excluding hydrogens is 486 g/mol. The molecule has 0 fully saturated rings. The van der Waals surface area contributed by atoms with Gasteiger partial charge in [0.15, 0.2) is 0 Å². The minimum absolute atomic E-state index is 0.0417. The summed E-state index contributed by atoms with van der Waals surface area (Å²) in [5, 5.41) is 0. The molecule has 0 bridgehead atoms. The van der Waals surface area contributed by atoms with E-state index in [9.17, 15) is 0 Å². The smallest absolute Gasteiger partial charge is 0.144 e. The highest BCUT2D eigenvalue weighted by molar-refractivity contribution is 5.93. The number of nitrogens with zero attached hydrogens (tertiary/aromatic N) is 1. The van der Waals surface area contributed by atoms with Gasteiger partial charge in [-0.2, -0.15) is 0 Å². The molecule has 200 valence electrons. The number of hydrogen-bond acceptors (Lipinski definition) is 2. The van der Waals surface area contributed by atoms with Gasteiger partial charge in [0.05, 0.1) is 11.7 Å². The fourth-order valence-corrected chi connectivity index (χ4v) is 7.96. The van der Waals surface area contributed by atoms with Crippen LogP contribution in [-0.2, 0) is 10.8 Å². The first kappa shape index (κ1) is 24.1. The van der Waals surface area contributed by atoms with Crippen molar-refractivity contribution in [2.45, 2.75) is 77.4 Å². The topological polar surface area (TPSA) is 12.5 Å². The highest BCUT2D eigenvalue weighted by Gasteiger charge is 2.47. The van der Waals surface area contributed by atoms with E-state index in [2.05, 4.69) is 125 Å². The SMILES string of the molecule is Cc1ccc2c(c1)C(C)(C)C1=CC3Oc4cc5c(cc4N(C4=CC=CCC4)C3C=C12)-c1ccc(C)cc1C5(C)C. The summed E-state index contributed by atoms with van der Waals surface area (Å²) in [7, 11) is 0. The van der Waals surface area contributed by atoms with E-state index in [1.54, 1.807) is 0 Å². The van der Waals surface area contributed by atoms with Crippen LogP contribution in [0, 0.1) is 13.8 Å². The van der Waals surface area contributed by atoms with E-state index in [0.29, 0.717) is 0 Å². The molecule has 40 heavy (non-hydrogen) atoms. The predicted molar refractivity (Wildman–Crippen MR) is 166 cm³/mol. The number of allylic oxidation sites excluding steroid dienone is 6. The van der Waals surface area contributed by atoms with Crippen molar-refractivity contribution in [3.8, 4) is 16.9 Å². The third-order valence-electron chi connectivity index (χ3n) is 10.1. The average Bonchev–Trinajstić information content (AvgIpc) is 3.28. The maximum absolute atomic E-state index is 7.01. The van der Waals surface area contributed by atoms with Crippen molar-refractivity contribution in [2.75, 3.05) is 4.90 Å².